The molecular formula is C25H32N2O4. The van der Waals surface area contributed by atoms with Crippen molar-refractivity contribution in [3.63, 3.8) is 0 Å². The van der Waals surface area contributed by atoms with E-state index in [-0.39, 0.29) is 5.91 Å². The summed E-state index contributed by atoms with van der Waals surface area (Å²) >= 11 is 0. The van der Waals surface area contributed by atoms with Gasteiger partial charge in [-0.25, -0.2) is 0 Å². The van der Waals surface area contributed by atoms with Crippen molar-refractivity contribution in [2.75, 3.05) is 50.9 Å². The summed E-state index contributed by atoms with van der Waals surface area (Å²) in [7, 11) is 0. The van der Waals surface area contributed by atoms with Crippen LogP contribution in [0, 0.1) is 0 Å². The van der Waals surface area contributed by atoms with Gasteiger partial charge in [-0.05, 0) is 56.7 Å². The zero-order valence-corrected chi connectivity index (χ0v) is 18.7. The SMILES string of the molecule is CCOc1ccc(/C=C/C(=O)N2CCN(c3ccccc3OCC)CC2)cc1OCC. The molecule has 1 saturated heterocycles. The molecule has 2 aromatic rings. The fourth-order valence-electron chi connectivity index (χ4n) is 3.61. The molecular weight excluding hydrogens is 392 g/mol. The maximum atomic E-state index is 12.7. The molecule has 1 aliphatic rings. The zero-order valence-electron chi connectivity index (χ0n) is 18.7. The molecule has 0 radical (unpaired) electrons. The highest BCUT2D eigenvalue weighted by molar-refractivity contribution is 5.92. The van der Waals surface area contributed by atoms with Crippen LogP contribution < -0.4 is 19.1 Å². The van der Waals surface area contributed by atoms with Gasteiger partial charge in [-0.15, -0.1) is 0 Å². The van der Waals surface area contributed by atoms with Crippen molar-refractivity contribution in [3.8, 4) is 17.2 Å². The first-order chi connectivity index (χ1) is 15.2. The van der Waals surface area contributed by atoms with Gasteiger partial charge in [0, 0.05) is 32.3 Å². The molecule has 166 valence electrons. The van der Waals surface area contributed by atoms with Crippen molar-refractivity contribution in [3.05, 3.63) is 54.1 Å². The van der Waals surface area contributed by atoms with Crippen LogP contribution in [-0.4, -0.2) is 56.8 Å². The van der Waals surface area contributed by atoms with Gasteiger partial charge in [0.05, 0.1) is 25.5 Å². The van der Waals surface area contributed by atoms with Gasteiger partial charge in [0.2, 0.25) is 5.91 Å². The summed E-state index contributed by atoms with van der Waals surface area (Å²) in [5.74, 6) is 2.33. The predicted molar refractivity (Wildman–Crippen MR) is 124 cm³/mol. The van der Waals surface area contributed by atoms with E-state index in [1.807, 2.05) is 68.1 Å². The lowest BCUT2D eigenvalue weighted by Gasteiger charge is -2.36. The molecule has 1 fully saturated rings. The smallest absolute Gasteiger partial charge is 0.246 e. The Morgan fingerprint density at radius 2 is 1.48 bits per heavy atom. The Morgan fingerprint density at radius 3 is 2.19 bits per heavy atom. The summed E-state index contributed by atoms with van der Waals surface area (Å²) in [4.78, 5) is 16.9. The van der Waals surface area contributed by atoms with Gasteiger partial charge in [-0.1, -0.05) is 18.2 Å². The number of ether oxygens (including phenoxy) is 3. The van der Waals surface area contributed by atoms with Crippen LogP contribution in [0.3, 0.4) is 0 Å². The van der Waals surface area contributed by atoms with Crippen LogP contribution in [0.15, 0.2) is 48.5 Å². The number of carbonyl (C=O) groups is 1. The van der Waals surface area contributed by atoms with Crippen molar-refractivity contribution in [1.29, 1.82) is 0 Å². The Balaban J connectivity index is 1.60. The standard InChI is InChI=1S/C25H32N2O4/c1-4-29-22-10-8-7-9-21(22)26-15-17-27(18-16-26)25(28)14-12-20-11-13-23(30-5-2)24(19-20)31-6-3/h7-14,19H,4-6,15-18H2,1-3H3/b14-12+. The number of rotatable bonds is 9. The van der Waals surface area contributed by atoms with Crippen LogP contribution in [-0.2, 0) is 4.79 Å². The van der Waals surface area contributed by atoms with Crippen molar-refractivity contribution < 1.29 is 19.0 Å². The van der Waals surface area contributed by atoms with Crippen molar-refractivity contribution in [2.24, 2.45) is 0 Å². The van der Waals surface area contributed by atoms with E-state index in [1.165, 1.54) is 0 Å². The molecule has 0 atom stereocenters. The fourth-order valence-corrected chi connectivity index (χ4v) is 3.61. The molecule has 6 nitrogen and oxygen atoms in total. The molecule has 0 saturated carbocycles. The molecule has 0 N–H and O–H groups in total. The highest BCUT2D eigenvalue weighted by Crippen LogP contribution is 2.30. The number of carbonyl (C=O) groups excluding carboxylic acids is 1. The van der Waals surface area contributed by atoms with E-state index in [4.69, 9.17) is 14.2 Å². The number of para-hydroxylation sites is 2. The van der Waals surface area contributed by atoms with E-state index in [1.54, 1.807) is 6.08 Å². The first-order valence-corrected chi connectivity index (χ1v) is 11.0. The van der Waals surface area contributed by atoms with E-state index in [9.17, 15) is 4.79 Å². The molecule has 31 heavy (non-hydrogen) atoms. The van der Waals surface area contributed by atoms with Gasteiger partial charge < -0.3 is 24.0 Å². The maximum Gasteiger partial charge on any atom is 0.246 e. The molecule has 3 rings (SSSR count). The summed E-state index contributed by atoms with van der Waals surface area (Å²) in [6, 6.07) is 13.8. The van der Waals surface area contributed by atoms with Crippen molar-refractivity contribution in [2.45, 2.75) is 20.8 Å². The second kappa shape index (κ2) is 11.3. The summed E-state index contributed by atoms with van der Waals surface area (Å²) in [5, 5.41) is 0. The average Bonchev–Trinajstić information content (AvgIpc) is 2.80. The van der Waals surface area contributed by atoms with Crippen LogP contribution in [0.25, 0.3) is 6.08 Å². The maximum absolute atomic E-state index is 12.7. The Kier molecular flexibility index (Phi) is 8.21. The van der Waals surface area contributed by atoms with Crippen LogP contribution >= 0.6 is 0 Å². The van der Waals surface area contributed by atoms with Crippen LogP contribution in [0.5, 0.6) is 17.2 Å². The number of amides is 1. The van der Waals surface area contributed by atoms with E-state index in [2.05, 4.69) is 11.0 Å². The molecule has 1 amide bonds. The molecule has 6 heteroatoms. The third-order valence-electron chi connectivity index (χ3n) is 5.08. The Hall–Kier alpha value is -3.15. The Labute approximate surface area is 185 Å². The third kappa shape index (κ3) is 5.94. The summed E-state index contributed by atoms with van der Waals surface area (Å²) in [5.41, 5.74) is 1.99. The van der Waals surface area contributed by atoms with Crippen LogP contribution in [0.2, 0.25) is 0 Å². The van der Waals surface area contributed by atoms with Crippen molar-refractivity contribution in [1.82, 2.24) is 4.90 Å². The number of anilines is 1. The predicted octanol–water partition coefficient (Wildman–Crippen LogP) is 4.24. The van der Waals surface area contributed by atoms with Crippen LogP contribution in [0.4, 0.5) is 5.69 Å². The quantitative estimate of drug-likeness (QED) is 0.564. The largest absolute Gasteiger partial charge is 0.492 e. The second-order valence-corrected chi connectivity index (χ2v) is 7.12. The summed E-state index contributed by atoms with van der Waals surface area (Å²) in [6.45, 7) is 10.6. The van der Waals surface area contributed by atoms with E-state index in [0.29, 0.717) is 38.7 Å². The van der Waals surface area contributed by atoms with Gasteiger partial charge in [-0.3, -0.25) is 4.79 Å². The van der Waals surface area contributed by atoms with Gasteiger partial charge in [0.15, 0.2) is 11.5 Å². The molecule has 0 aliphatic carbocycles. The Bertz CT molecular complexity index is 889. The number of nitrogens with zero attached hydrogens (tertiary/aromatic N) is 2. The van der Waals surface area contributed by atoms with Gasteiger partial charge in [-0.2, -0.15) is 0 Å². The minimum absolute atomic E-state index is 0.0181. The third-order valence-corrected chi connectivity index (χ3v) is 5.08. The Morgan fingerprint density at radius 1 is 0.839 bits per heavy atom. The molecule has 2 aromatic carbocycles. The number of hydrogen-bond acceptors (Lipinski definition) is 5. The molecule has 0 aromatic heterocycles. The van der Waals surface area contributed by atoms with E-state index < -0.39 is 0 Å². The van der Waals surface area contributed by atoms with Crippen LogP contribution in [0.1, 0.15) is 26.3 Å². The normalized spacial score (nSPS) is 14.0. The molecule has 1 heterocycles. The topological polar surface area (TPSA) is 51.2 Å². The zero-order chi connectivity index (χ0) is 22.1. The number of piperazine rings is 1. The number of hydrogen-bond donors (Lipinski definition) is 0. The van der Waals surface area contributed by atoms with E-state index >= 15 is 0 Å². The lowest BCUT2D eigenvalue weighted by Crippen LogP contribution is -2.48. The molecule has 1 aliphatic heterocycles. The molecule has 0 unspecified atom stereocenters. The highest BCUT2D eigenvalue weighted by Gasteiger charge is 2.21. The average molecular weight is 425 g/mol. The van der Waals surface area contributed by atoms with E-state index in [0.717, 1.165) is 35.8 Å². The lowest BCUT2D eigenvalue weighted by atomic mass is 10.1. The monoisotopic (exact) mass is 424 g/mol. The molecule has 0 spiro atoms. The minimum atomic E-state index is 0.0181. The summed E-state index contributed by atoms with van der Waals surface area (Å²) in [6.07, 6.45) is 3.46. The highest BCUT2D eigenvalue weighted by atomic mass is 16.5. The minimum Gasteiger partial charge on any atom is -0.492 e. The molecule has 0 bridgehead atoms. The summed E-state index contributed by atoms with van der Waals surface area (Å²) < 4.78 is 17.0. The number of benzene rings is 2. The van der Waals surface area contributed by atoms with Crippen molar-refractivity contribution >= 4 is 17.7 Å². The van der Waals surface area contributed by atoms with Gasteiger partial charge in [0.1, 0.15) is 5.75 Å². The van der Waals surface area contributed by atoms with Gasteiger partial charge in [0.25, 0.3) is 0 Å². The first-order valence-electron chi connectivity index (χ1n) is 11.0. The second-order valence-electron chi connectivity index (χ2n) is 7.12. The van der Waals surface area contributed by atoms with Gasteiger partial charge >= 0.3 is 0 Å². The first kappa shape index (κ1) is 22.5. The lowest BCUT2D eigenvalue weighted by molar-refractivity contribution is -0.126. The fraction of sp³-hybridized carbons (Fsp3) is 0.400.